The molecular weight excluding hydrogens is 698 g/mol. The van der Waals surface area contributed by atoms with Gasteiger partial charge in [0.15, 0.2) is 17.2 Å². The van der Waals surface area contributed by atoms with Crippen molar-refractivity contribution in [3.05, 3.63) is 60.7 Å². The second-order valence-electron chi connectivity index (χ2n) is 10.9. The molecule has 1 atom stereocenters. The number of hydrogen-bond donors (Lipinski definition) is 2. The summed E-state index contributed by atoms with van der Waals surface area (Å²) in [6, 6.07) is 13.2. The molecule has 0 bridgehead atoms. The van der Waals surface area contributed by atoms with Crippen LogP contribution in [0.3, 0.4) is 0 Å². The normalized spacial score (nSPS) is 13.0. The maximum Gasteiger partial charge on any atom is 0.295 e. The number of fused-ring (bicyclic) bond motifs is 1. The van der Waals surface area contributed by atoms with E-state index in [9.17, 15) is 8.78 Å². The molecule has 1 aliphatic heterocycles. The third kappa shape index (κ3) is 7.04. The van der Waals surface area contributed by atoms with Crippen molar-refractivity contribution < 1.29 is 13.5 Å². The first-order valence-electron chi connectivity index (χ1n) is 14.2. The molecule has 0 aliphatic carbocycles. The van der Waals surface area contributed by atoms with Crippen molar-refractivity contribution in [3.63, 3.8) is 0 Å². The van der Waals surface area contributed by atoms with Gasteiger partial charge in [0.25, 0.3) is 6.43 Å². The highest BCUT2D eigenvalue weighted by Crippen LogP contribution is 2.41. The van der Waals surface area contributed by atoms with Crippen molar-refractivity contribution in [2.24, 2.45) is 13.0 Å². The van der Waals surface area contributed by atoms with Crippen molar-refractivity contribution in [2.45, 2.75) is 33.6 Å². The van der Waals surface area contributed by atoms with Crippen molar-refractivity contribution in [2.75, 3.05) is 35.7 Å². The van der Waals surface area contributed by atoms with Crippen LogP contribution in [0, 0.1) is 5.92 Å². The fraction of sp³-hybridized carbons (Fsp3) is 0.333. The second kappa shape index (κ2) is 14.0. The van der Waals surface area contributed by atoms with Gasteiger partial charge in [-0.2, -0.15) is 5.10 Å². The molecule has 5 aromatic rings. The molecule has 10 nitrogen and oxygen atoms in total. The Kier molecular flexibility index (Phi) is 10.1. The molecule has 0 saturated carbocycles. The molecule has 6 rings (SSSR count). The zero-order chi connectivity index (χ0) is 31.4. The van der Waals surface area contributed by atoms with E-state index in [1.165, 1.54) is 10.8 Å². The predicted octanol–water partition coefficient (Wildman–Crippen LogP) is 8.32. The van der Waals surface area contributed by atoms with Gasteiger partial charge in [-0.15, -0.1) is 0 Å². The molecule has 1 aromatic carbocycles. The number of nitrogens with one attached hydrogen (secondary N) is 2. The van der Waals surface area contributed by atoms with Crippen LogP contribution in [0.1, 0.15) is 39.4 Å². The van der Waals surface area contributed by atoms with Gasteiger partial charge in [-0.3, -0.25) is 9.02 Å². The molecule has 232 valence electrons. The molecule has 1 fully saturated rings. The molecule has 4 aromatic heterocycles. The lowest BCUT2D eigenvalue weighted by Crippen LogP contribution is -2.36. The lowest BCUT2D eigenvalue weighted by atomic mass is 10.1. The van der Waals surface area contributed by atoms with Gasteiger partial charge in [-0.05, 0) is 64.7 Å². The van der Waals surface area contributed by atoms with E-state index in [0.717, 1.165) is 36.0 Å². The Balaban J connectivity index is 0.000000906. The first-order valence-corrected chi connectivity index (χ1v) is 18.2. The zero-order valence-electron chi connectivity index (χ0n) is 25.1. The average molecular weight is 734 g/mol. The minimum Gasteiger partial charge on any atom is -0.494 e. The number of nitrogens with zero attached hydrogens (tertiary/aromatic N) is 7. The number of pyridine rings is 2. The Morgan fingerprint density at radius 2 is 1.77 bits per heavy atom. The fourth-order valence-electron chi connectivity index (χ4n) is 4.57. The molecule has 0 radical (unpaired) electrons. The summed E-state index contributed by atoms with van der Waals surface area (Å²) in [5.74, 6) is 2.10. The Labute approximate surface area is 270 Å². The van der Waals surface area contributed by atoms with Crippen LogP contribution in [0.2, 0.25) is 0 Å². The molecule has 2 N–H and O–H groups in total. The largest absolute Gasteiger partial charge is 0.494 e. The minimum absolute atomic E-state index is 0.0211. The van der Waals surface area contributed by atoms with Crippen molar-refractivity contribution in [3.8, 4) is 17.0 Å². The van der Waals surface area contributed by atoms with Crippen LogP contribution in [-0.4, -0.2) is 49.3 Å². The van der Waals surface area contributed by atoms with Gasteiger partial charge >= 0.3 is 0 Å². The van der Waals surface area contributed by atoms with E-state index in [-0.39, 0.29) is 12.2 Å². The second-order valence-corrected chi connectivity index (χ2v) is 13.0. The lowest BCUT2D eigenvalue weighted by Gasteiger charge is -2.32. The quantitative estimate of drug-likeness (QED) is 0.115. The van der Waals surface area contributed by atoms with Gasteiger partial charge in [0.1, 0.15) is 17.2 Å². The number of rotatable bonds is 9. The molecule has 1 aliphatic rings. The predicted molar refractivity (Wildman–Crippen MR) is 184 cm³/mol. The highest BCUT2D eigenvalue weighted by Gasteiger charge is 2.24. The monoisotopic (exact) mass is 733 g/mol. The number of aryl methyl sites for hydroxylation is 1. The number of aromatic nitrogens is 6. The number of anilines is 5. The SMILES string of the molecule is CC(C)C.COc1c(Nc2cc(Nc3ccc(N4CCC4)cn3)nc3c2nc(C(F)F)n3PI)cccc1-c1ccn(C)n1. The minimum atomic E-state index is -2.75. The summed E-state index contributed by atoms with van der Waals surface area (Å²) in [6.45, 7) is 8.56. The van der Waals surface area contributed by atoms with Gasteiger partial charge in [-0.25, -0.2) is 23.7 Å². The van der Waals surface area contributed by atoms with Gasteiger partial charge in [0, 0.05) is 38.0 Å². The standard InChI is InChI=1S/C26H25F2IN9OP.C4H10/c1-36-12-9-17(35-36)16-5-3-6-18(23(16)39-2)31-19-13-21(32-20-8-7-15(14-30-20)37-10-4-11-37)33-25-22(19)34-26(24(27)28)38(25)40-29;1-4(2)3/h3,5-9,12-14,24,40H,4,10-11H2,1-2H3,(H2,30,31,32,33);4H,1-3H3. The number of methoxy groups -OCH3 is 1. The first-order chi connectivity index (χ1) is 21.2. The van der Waals surface area contributed by atoms with Crippen LogP contribution in [0.4, 0.5) is 37.5 Å². The summed E-state index contributed by atoms with van der Waals surface area (Å²) in [5, 5.41) is 11.1. The number of alkyl halides is 2. The zero-order valence-corrected chi connectivity index (χ0v) is 28.3. The maximum atomic E-state index is 14.0. The van der Waals surface area contributed by atoms with E-state index in [1.807, 2.05) is 55.8 Å². The summed E-state index contributed by atoms with van der Waals surface area (Å²) in [6.07, 6.45) is 2.08. The molecule has 1 saturated heterocycles. The molecule has 1 unspecified atom stereocenters. The van der Waals surface area contributed by atoms with Gasteiger partial charge in [0.2, 0.25) is 0 Å². The van der Waals surface area contributed by atoms with Crippen molar-refractivity contribution >= 4 is 68.3 Å². The van der Waals surface area contributed by atoms with E-state index in [1.54, 1.807) is 17.9 Å². The topological polar surface area (TPSA) is 98.0 Å². The van der Waals surface area contributed by atoms with Crippen LogP contribution in [0.5, 0.6) is 5.75 Å². The van der Waals surface area contributed by atoms with Crippen LogP contribution in [0.25, 0.3) is 22.4 Å². The van der Waals surface area contributed by atoms with Crippen LogP contribution >= 0.6 is 28.4 Å². The summed E-state index contributed by atoms with van der Waals surface area (Å²) in [7, 11) is 3.43. The van der Waals surface area contributed by atoms with E-state index >= 15 is 0 Å². The molecule has 14 heteroatoms. The van der Waals surface area contributed by atoms with Crippen molar-refractivity contribution in [1.82, 2.24) is 29.1 Å². The summed E-state index contributed by atoms with van der Waals surface area (Å²) < 4.78 is 36.9. The average Bonchev–Trinajstić information content (AvgIpc) is 3.56. The van der Waals surface area contributed by atoms with E-state index in [4.69, 9.17) is 4.74 Å². The Morgan fingerprint density at radius 3 is 2.34 bits per heavy atom. The molecule has 5 heterocycles. The smallest absolute Gasteiger partial charge is 0.295 e. The number of benzene rings is 1. The number of hydrogen-bond acceptors (Lipinski definition) is 8. The van der Waals surface area contributed by atoms with E-state index in [2.05, 4.69) is 78.4 Å². The van der Waals surface area contributed by atoms with Crippen molar-refractivity contribution in [1.29, 1.82) is 0 Å². The number of ether oxygens (including phenoxy) is 1. The van der Waals surface area contributed by atoms with Gasteiger partial charge in [0.05, 0.1) is 42.4 Å². The van der Waals surface area contributed by atoms with Crippen LogP contribution < -0.4 is 20.3 Å². The highest BCUT2D eigenvalue weighted by molar-refractivity contribution is 14.2. The number of para-hydroxylation sites is 1. The van der Waals surface area contributed by atoms with E-state index in [0.29, 0.717) is 39.9 Å². The first kappa shape index (κ1) is 31.8. The Hall–Kier alpha value is -3.58. The third-order valence-corrected chi connectivity index (χ3v) is 8.68. The van der Waals surface area contributed by atoms with Gasteiger partial charge < -0.3 is 20.3 Å². The lowest BCUT2D eigenvalue weighted by molar-refractivity contribution is 0.140. The van der Waals surface area contributed by atoms with Crippen LogP contribution in [0.15, 0.2) is 54.9 Å². The Bertz CT molecular complexity index is 1720. The third-order valence-electron chi connectivity index (χ3n) is 6.62. The molecule has 44 heavy (non-hydrogen) atoms. The van der Waals surface area contributed by atoms with Crippen LogP contribution in [-0.2, 0) is 7.05 Å². The van der Waals surface area contributed by atoms with E-state index < -0.39 is 6.43 Å². The van der Waals surface area contributed by atoms with Gasteiger partial charge in [-0.1, -0.05) is 26.8 Å². The molecule has 0 amide bonds. The summed E-state index contributed by atoms with van der Waals surface area (Å²) in [4.78, 5) is 15.8. The molecular formula is C30H35F2IN9OP. The Morgan fingerprint density at radius 1 is 1.00 bits per heavy atom. The maximum absolute atomic E-state index is 14.0. The fourth-order valence-corrected chi connectivity index (χ4v) is 6.46. The summed E-state index contributed by atoms with van der Waals surface area (Å²) in [5.41, 5.74) is 4.39. The number of imidazole rings is 1. The number of halogens is 3. The summed E-state index contributed by atoms with van der Waals surface area (Å²) >= 11 is 2.06. The highest BCUT2D eigenvalue weighted by atomic mass is 127. The molecule has 0 spiro atoms.